The largest absolute Gasteiger partial charge is 0.322 e. The lowest BCUT2D eigenvalue weighted by molar-refractivity contribution is 0.211. The highest BCUT2D eigenvalue weighted by Crippen LogP contribution is 2.15. The first-order chi connectivity index (χ1) is 11.2. The van der Waals surface area contributed by atoms with Crippen LogP contribution in [0.2, 0.25) is 5.02 Å². The maximum Gasteiger partial charge on any atom is 0.322 e. The van der Waals surface area contributed by atoms with Crippen LogP contribution in [0.25, 0.3) is 5.65 Å². The van der Waals surface area contributed by atoms with E-state index < -0.39 is 0 Å². The van der Waals surface area contributed by atoms with Gasteiger partial charge in [-0.25, -0.2) is 9.78 Å². The summed E-state index contributed by atoms with van der Waals surface area (Å²) in [6, 6.07) is 12.7. The first-order valence-corrected chi connectivity index (χ1v) is 7.77. The fraction of sp³-hybridized carbons (Fsp3) is 0.176. The molecule has 3 aromatic rings. The van der Waals surface area contributed by atoms with Crippen molar-refractivity contribution in [3.63, 3.8) is 0 Å². The molecule has 5 nitrogen and oxygen atoms in total. The summed E-state index contributed by atoms with van der Waals surface area (Å²) in [7, 11) is 0. The van der Waals surface area contributed by atoms with Gasteiger partial charge in [0.05, 0.1) is 18.4 Å². The second-order valence-electron chi connectivity index (χ2n) is 5.13. The number of aromatic nitrogens is 2. The molecule has 1 aromatic carbocycles. The van der Waals surface area contributed by atoms with E-state index >= 15 is 0 Å². The van der Waals surface area contributed by atoms with E-state index in [1.807, 2.05) is 35.7 Å². The third kappa shape index (κ3) is 3.46. The number of imidazole rings is 1. The second-order valence-corrected chi connectivity index (χ2v) is 5.57. The summed E-state index contributed by atoms with van der Waals surface area (Å²) in [5, 5.41) is 3.52. The number of hydrogen-bond acceptors (Lipinski definition) is 2. The fourth-order valence-electron chi connectivity index (χ4n) is 2.36. The molecule has 0 bridgehead atoms. The zero-order chi connectivity index (χ0) is 16.2. The van der Waals surface area contributed by atoms with Crippen LogP contribution in [-0.2, 0) is 6.54 Å². The van der Waals surface area contributed by atoms with Gasteiger partial charge < -0.3 is 14.6 Å². The van der Waals surface area contributed by atoms with E-state index in [1.54, 1.807) is 35.4 Å². The van der Waals surface area contributed by atoms with Crippen molar-refractivity contribution in [1.82, 2.24) is 14.3 Å². The van der Waals surface area contributed by atoms with Crippen LogP contribution in [0.4, 0.5) is 10.5 Å². The molecule has 3 rings (SSSR count). The average molecular weight is 329 g/mol. The molecule has 1 N–H and O–H groups in total. The third-order valence-corrected chi connectivity index (χ3v) is 3.86. The molecule has 23 heavy (non-hydrogen) atoms. The number of hydrogen-bond donors (Lipinski definition) is 1. The number of halogens is 1. The second kappa shape index (κ2) is 6.71. The Morgan fingerprint density at radius 1 is 1.26 bits per heavy atom. The Kier molecular flexibility index (Phi) is 4.48. The molecule has 0 aliphatic carbocycles. The van der Waals surface area contributed by atoms with Gasteiger partial charge in [-0.3, -0.25) is 0 Å². The zero-order valence-corrected chi connectivity index (χ0v) is 13.5. The maximum absolute atomic E-state index is 12.4. The number of pyridine rings is 1. The first kappa shape index (κ1) is 15.4. The summed E-state index contributed by atoms with van der Waals surface area (Å²) < 4.78 is 1.98. The number of anilines is 1. The van der Waals surface area contributed by atoms with Crippen LogP contribution in [0.5, 0.6) is 0 Å². The number of nitrogens with one attached hydrogen (secondary N) is 1. The van der Waals surface area contributed by atoms with Gasteiger partial charge in [0.2, 0.25) is 0 Å². The molecule has 0 unspecified atom stereocenters. The molecule has 0 aliphatic heterocycles. The quantitative estimate of drug-likeness (QED) is 0.785. The number of fused-ring (bicyclic) bond motifs is 1. The van der Waals surface area contributed by atoms with Crippen molar-refractivity contribution in [2.45, 2.75) is 13.5 Å². The molecule has 0 fully saturated rings. The molecule has 0 saturated heterocycles. The predicted octanol–water partition coefficient (Wildman–Crippen LogP) is 4.04. The lowest BCUT2D eigenvalue weighted by atomic mass is 10.3. The minimum absolute atomic E-state index is 0.152. The Morgan fingerprint density at radius 2 is 2.04 bits per heavy atom. The van der Waals surface area contributed by atoms with Gasteiger partial charge in [0.1, 0.15) is 5.65 Å². The van der Waals surface area contributed by atoms with Gasteiger partial charge in [-0.2, -0.15) is 0 Å². The highest BCUT2D eigenvalue weighted by Gasteiger charge is 2.14. The molecule has 2 aromatic heterocycles. The average Bonchev–Trinajstić information content (AvgIpc) is 2.97. The molecule has 0 atom stereocenters. The minimum Gasteiger partial charge on any atom is -0.319 e. The highest BCUT2D eigenvalue weighted by atomic mass is 35.5. The molecule has 6 heteroatoms. The SMILES string of the molecule is CCN(Cc1cnc2ccccn12)C(=O)Nc1ccc(Cl)cc1. The van der Waals surface area contributed by atoms with E-state index in [9.17, 15) is 4.79 Å². The van der Waals surface area contributed by atoms with Crippen LogP contribution < -0.4 is 5.32 Å². The van der Waals surface area contributed by atoms with Crippen molar-refractivity contribution in [2.75, 3.05) is 11.9 Å². The molecule has 2 heterocycles. The van der Waals surface area contributed by atoms with Gasteiger partial charge in [0.15, 0.2) is 0 Å². The fourth-order valence-corrected chi connectivity index (χ4v) is 2.49. The van der Waals surface area contributed by atoms with Gasteiger partial charge in [-0.05, 0) is 43.3 Å². The molecular formula is C17H17ClN4O. The number of carbonyl (C=O) groups excluding carboxylic acids is 1. The number of benzene rings is 1. The third-order valence-electron chi connectivity index (χ3n) is 3.61. The Hall–Kier alpha value is -2.53. The van der Waals surface area contributed by atoms with Crippen LogP contribution in [0, 0.1) is 0 Å². The summed E-state index contributed by atoms with van der Waals surface area (Å²) >= 11 is 5.86. The summed E-state index contributed by atoms with van der Waals surface area (Å²) in [5.41, 5.74) is 2.56. The van der Waals surface area contributed by atoms with Crippen LogP contribution in [0.15, 0.2) is 54.9 Å². The summed E-state index contributed by atoms with van der Waals surface area (Å²) in [6.07, 6.45) is 3.75. The Morgan fingerprint density at radius 3 is 2.78 bits per heavy atom. The Bertz CT molecular complexity index is 813. The van der Waals surface area contributed by atoms with Crippen LogP contribution in [0.1, 0.15) is 12.6 Å². The minimum atomic E-state index is -0.152. The summed E-state index contributed by atoms with van der Waals surface area (Å²) in [4.78, 5) is 18.5. The molecule has 2 amide bonds. The molecule has 0 spiro atoms. The highest BCUT2D eigenvalue weighted by molar-refractivity contribution is 6.30. The van der Waals surface area contributed by atoms with Crippen molar-refractivity contribution in [3.05, 3.63) is 65.6 Å². The summed E-state index contributed by atoms with van der Waals surface area (Å²) in [6.45, 7) is 3.03. The topological polar surface area (TPSA) is 49.6 Å². The lowest BCUT2D eigenvalue weighted by Gasteiger charge is -2.21. The monoisotopic (exact) mass is 328 g/mol. The molecule has 0 aliphatic rings. The number of amides is 2. The summed E-state index contributed by atoms with van der Waals surface area (Å²) in [5.74, 6) is 0. The number of rotatable bonds is 4. The number of urea groups is 1. The van der Waals surface area contributed by atoms with Gasteiger partial charge >= 0.3 is 6.03 Å². The molecule has 0 saturated carbocycles. The molecule has 118 valence electrons. The predicted molar refractivity (Wildman–Crippen MR) is 91.7 cm³/mol. The normalized spacial score (nSPS) is 10.7. The van der Waals surface area contributed by atoms with Crippen molar-refractivity contribution >= 4 is 29.0 Å². The van der Waals surface area contributed by atoms with Crippen molar-refractivity contribution in [1.29, 1.82) is 0 Å². The van der Waals surface area contributed by atoms with Gasteiger partial charge in [0, 0.05) is 23.5 Å². The van der Waals surface area contributed by atoms with E-state index in [-0.39, 0.29) is 6.03 Å². The van der Waals surface area contributed by atoms with Gasteiger partial charge in [-0.15, -0.1) is 0 Å². The van der Waals surface area contributed by atoms with Crippen LogP contribution in [0.3, 0.4) is 0 Å². The van der Waals surface area contributed by atoms with Crippen LogP contribution in [-0.4, -0.2) is 26.9 Å². The maximum atomic E-state index is 12.4. The molecular weight excluding hydrogens is 312 g/mol. The van der Waals surface area contributed by atoms with E-state index in [0.29, 0.717) is 18.1 Å². The van der Waals surface area contributed by atoms with Gasteiger partial charge in [-0.1, -0.05) is 17.7 Å². The van der Waals surface area contributed by atoms with Gasteiger partial charge in [0.25, 0.3) is 0 Å². The Balaban J connectivity index is 1.74. The first-order valence-electron chi connectivity index (χ1n) is 7.40. The van der Waals surface area contributed by atoms with Crippen LogP contribution >= 0.6 is 11.6 Å². The van der Waals surface area contributed by atoms with E-state index in [2.05, 4.69) is 10.3 Å². The van der Waals surface area contributed by atoms with Crippen molar-refractivity contribution < 1.29 is 4.79 Å². The van der Waals surface area contributed by atoms with Crippen molar-refractivity contribution in [2.24, 2.45) is 0 Å². The lowest BCUT2D eigenvalue weighted by Crippen LogP contribution is -2.34. The van der Waals surface area contributed by atoms with E-state index in [4.69, 9.17) is 11.6 Å². The van der Waals surface area contributed by atoms with Crippen molar-refractivity contribution in [3.8, 4) is 0 Å². The zero-order valence-electron chi connectivity index (χ0n) is 12.7. The van der Waals surface area contributed by atoms with E-state index in [1.165, 1.54) is 0 Å². The smallest absolute Gasteiger partial charge is 0.319 e. The number of carbonyl (C=O) groups is 1. The molecule has 0 radical (unpaired) electrons. The Labute approximate surface area is 139 Å². The number of nitrogens with zero attached hydrogens (tertiary/aromatic N) is 3. The van der Waals surface area contributed by atoms with E-state index in [0.717, 1.165) is 17.0 Å². The standard InChI is InChI=1S/C17H17ClN4O/c1-2-21(17(23)20-14-8-6-13(18)7-9-14)12-15-11-19-16-5-3-4-10-22(15)16/h3-11H,2,12H2,1H3,(H,20,23).